The molecule has 0 spiro atoms. The van der Waals surface area contributed by atoms with Gasteiger partial charge in [0.15, 0.2) is 0 Å². The fourth-order valence-corrected chi connectivity index (χ4v) is 0.764. The number of carbonyl (C=O) groups is 3. The average molecular weight is 343 g/mol. The molecule has 0 radical (unpaired) electrons. The molecular weight excluding hydrogens is 314 g/mol. The molecule has 0 saturated heterocycles. The standard InChI is InChI=1S/C7H12O2.C5H9NO.C5H8O3/c1-3-5-6-9-7(8)4-2;1-4-5(7)6(2)3;1-2-5(7)8-4-3-6/h4H,2-3,5-6H2,1H3;4H,1H2,2-3H3;2,6H,1,3-4H2. The third kappa shape index (κ3) is 24.6. The number of rotatable bonds is 8. The summed E-state index contributed by atoms with van der Waals surface area (Å²) in [4.78, 5) is 32.3. The molecule has 0 bridgehead atoms. The zero-order valence-corrected chi connectivity index (χ0v) is 14.8. The topological polar surface area (TPSA) is 93.1 Å². The quantitative estimate of drug-likeness (QED) is 0.408. The number of unbranched alkanes of at least 4 members (excludes halogenated alkanes) is 1. The van der Waals surface area contributed by atoms with Crippen molar-refractivity contribution in [1.82, 2.24) is 4.90 Å². The summed E-state index contributed by atoms with van der Waals surface area (Å²) >= 11 is 0. The third-order valence-electron chi connectivity index (χ3n) is 2.03. The van der Waals surface area contributed by atoms with Gasteiger partial charge < -0.3 is 19.5 Å². The number of amides is 1. The molecule has 0 aliphatic rings. The van der Waals surface area contributed by atoms with Crippen molar-refractivity contribution < 1.29 is 29.0 Å². The van der Waals surface area contributed by atoms with Gasteiger partial charge in [0.25, 0.3) is 0 Å². The lowest BCUT2D eigenvalue weighted by molar-refractivity contribution is -0.139. The second-order valence-electron chi connectivity index (χ2n) is 4.26. The Kier molecular flexibility index (Phi) is 22.7. The number of aliphatic hydroxyl groups is 1. The Hall–Kier alpha value is -2.41. The van der Waals surface area contributed by atoms with Gasteiger partial charge in [0.05, 0.1) is 13.2 Å². The van der Waals surface area contributed by atoms with Crippen molar-refractivity contribution >= 4 is 17.8 Å². The summed E-state index contributed by atoms with van der Waals surface area (Å²) in [5, 5.41) is 8.10. The summed E-state index contributed by atoms with van der Waals surface area (Å²) in [6.07, 6.45) is 5.48. The van der Waals surface area contributed by atoms with E-state index in [1.807, 2.05) is 6.92 Å². The number of likely N-dealkylation sites (N-methyl/N-ethyl adjacent to an activating group) is 1. The van der Waals surface area contributed by atoms with Gasteiger partial charge in [-0.2, -0.15) is 0 Å². The smallest absolute Gasteiger partial charge is 0.330 e. The number of esters is 2. The molecular formula is C17H29NO6. The van der Waals surface area contributed by atoms with Crippen LogP contribution in [0.3, 0.4) is 0 Å². The predicted molar refractivity (Wildman–Crippen MR) is 93.2 cm³/mol. The maximum absolute atomic E-state index is 10.3. The summed E-state index contributed by atoms with van der Waals surface area (Å²) < 4.78 is 9.01. The maximum Gasteiger partial charge on any atom is 0.330 e. The van der Waals surface area contributed by atoms with Gasteiger partial charge in [-0.05, 0) is 12.5 Å². The van der Waals surface area contributed by atoms with E-state index in [1.165, 1.54) is 17.1 Å². The van der Waals surface area contributed by atoms with Crippen LogP contribution in [0.5, 0.6) is 0 Å². The number of hydrogen-bond donors (Lipinski definition) is 1. The fourth-order valence-electron chi connectivity index (χ4n) is 0.764. The first kappa shape index (κ1) is 26.5. The second kappa shape index (κ2) is 20.6. The number of nitrogens with zero attached hydrogens (tertiary/aromatic N) is 1. The summed E-state index contributed by atoms with van der Waals surface area (Å²) in [7, 11) is 3.37. The zero-order valence-electron chi connectivity index (χ0n) is 14.8. The van der Waals surface area contributed by atoms with Crippen LogP contribution in [0.25, 0.3) is 0 Å². The van der Waals surface area contributed by atoms with E-state index in [1.54, 1.807) is 14.1 Å². The normalized spacial score (nSPS) is 8.17. The van der Waals surface area contributed by atoms with Crippen molar-refractivity contribution in [1.29, 1.82) is 0 Å². The van der Waals surface area contributed by atoms with Crippen LogP contribution in [-0.2, 0) is 23.9 Å². The van der Waals surface area contributed by atoms with Gasteiger partial charge in [-0.15, -0.1) is 0 Å². The Morgan fingerprint density at radius 2 is 1.42 bits per heavy atom. The average Bonchev–Trinajstić information content (AvgIpc) is 2.59. The Labute approximate surface area is 144 Å². The van der Waals surface area contributed by atoms with Crippen LogP contribution >= 0.6 is 0 Å². The van der Waals surface area contributed by atoms with Crippen molar-refractivity contribution in [2.75, 3.05) is 33.9 Å². The van der Waals surface area contributed by atoms with Gasteiger partial charge in [0.1, 0.15) is 6.61 Å². The molecule has 0 aliphatic carbocycles. The van der Waals surface area contributed by atoms with Gasteiger partial charge >= 0.3 is 11.9 Å². The largest absolute Gasteiger partial charge is 0.463 e. The van der Waals surface area contributed by atoms with Gasteiger partial charge in [0.2, 0.25) is 5.91 Å². The van der Waals surface area contributed by atoms with Crippen LogP contribution in [0.4, 0.5) is 0 Å². The molecule has 0 aromatic carbocycles. The highest BCUT2D eigenvalue weighted by Gasteiger charge is 1.92. The molecule has 7 nitrogen and oxygen atoms in total. The molecule has 0 rings (SSSR count). The minimum atomic E-state index is -0.501. The van der Waals surface area contributed by atoms with Gasteiger partial charge in [0, 0.05) is 26.2 Å². The van der Waals surface area contributed by atoms with Crippen LogP contribution in [-0.4, -0.2) is 61.8 Å². The van der Waals surface area contributed by atoms with E-state index < -0.39 is 5.97 Å². The Balaban J connectivity index is -0.000000278. The predicted octanol–water partition coefficient (Wildman–Crippen LogP) is 1.48. The lowest BCUT2D eigenvalue weighted by Crippen LogP contribution is -2.18. The molecule has 0 heterocycles. The first-order valence-electron chi connectivity index (χ1n) is 7.33. The summed E-state index contributed by atoms with van der Waals surface area (Å²) in [6.45, 7) is 12.2. The minimum absolute atomic E-state index is 0.0465. The Bertz CT molecular complexity index is 391. The Morgan fingerprint density at radius 1 is 0.958 bits per heavy atom. The lowest BCUT2D eigenvalue weighted by atomic mass is 10.4. The van der Waals surface area contributed by atoms with Gasteiger partial charge in [-0.1, -0.05) is 33.1 Å². The number of aliphatic hydroxyl groups excluding tert-OH is 1. The molecule has 24 heavy (non-hydrogen) atoms. The van der Waals surface area contributed by atoms with Crippen LogP contribution < -0.4 is 0 Å². The van der Waals surface area contributed by atoms with Crippen molar-refractivity contribution in [3.05, 3.63) is 38.0 Å². The molecule has 0 unspecified atom stereocenters. The highest BCUT2D eigenvalue weighted by Crippen LogP contribution is 1.88. The first-order valence-corrected chi connectivity index (χ1v) is 7.33. The van der Waals surface area contributed by atoms with Crippen molar-refractivity contribution in [2.24, 2.45) is 0 Å². The molecule has 7 heteroatoms. The number of carbonyl (C=O) groups excluding carboxylic acids is 3. The molecule has 138 valence electrons. The molecule has 1 N–H and O–H groups in total. The van der Waals surface area contributed by atoms with Crippen LogP contribution in [0, 0.1) is 0 Å². The molecule has 0 saturated carbocycles. The third-order valence-corrected chi connectivity index (χ3v) is 2.03. The van der Waals surface area contributed by atoms with E-state index in [2.05, 4.69) is 29.2 Å². The molecule has 1 amide bonds. The van der Waals surface area contributed by atoms with E-state index in [0.29, 0.717) is 6.61 Å². The van der Waals surface area contributed by atoms with Crippen molar-refractivity contribution in [3.63, 3.8) is 0 Å². The second-order valence-corrected chi connectivity index (χ2v) is 4.26. The van der Waals surface area contributed by atoms with E-state index >= 15 is 0 Å². The minimum Gasteiger partial charge on any atom is -0.463 e. The van der Waals surface area contributed by atoms with E-state index in [0.717, 1.165) is 18.9 Å². The van der Waals surface area contributed by atoms with E-state index in [-0.39, 0.29) is 25.1 Å². The molecule has 0 fully saturated rings. The Morgan fingerprint density at radius 3 is 1.67 bits per heavy atom. The highest BCUT2D eigenvalue weighted by molar-refractivity contribution is 5.86. The van der Waals surface area contributed by atoms with E-state index in [9.17, 15) is 14.4 Å². The number of hydrogen-bond acceptors (Lipinski definition) is 6. The van der Waals surface area contributed by atoms with Crippen LogP contribution in [0.15, 0.2) is 38.0 Å². The molecule has 0 aliphatic heterocycles. The van der Waals surface area contributed by atoms with E-state index in [4.69, 9.17) is 5.11 Å². The molecule has 0 aromatic heterocycles. The highest BCUT2D eigenvalue weighted by atomic mass is 16.5. The van der Waals surface area contributed by atoms with Crippen LogP contribution in [0.2, 0.25) is 0 Å². The fraction of sp³-hybridized carbons (Fsp3) is 0.471. The first-order chi connectivity index (χ1) is 11.3. The SMILES string of the molecule is C=CC(=O)N(C)C.C=CC(=O)OCCCC.C=CC(=O)OCCO. The summed E-state index contributed by atoms with van der Waals surface area (Å²) in [5.74, 6) is -0.887. The number of ether oxygens (including phenoxy) is 2. The summed E-state index contributed by atoms with van der Waals surface area (Å²) in [5.41, 5.74) is 0. The van der Waals surface area contributed by atoms with Crippen LogP contribution in [0.1, 0.15) is 19.8 Å². The zero-order chi connectivity index (χ0) is 19.4. The van der Waals surface area contributed by atoms with Crippen molar-refractivity contribution in [3.8, 4) is 0 Å². The molecule has 0 atom stereocenters. The maximum atomic E-state index is 10.3. The van der Waals surface area contributed by atoms with Gasteiger partial charge in [-0.25, -0.2) is 9.59 Å². The molecule has 0 aromatic rings. The summed E-state index contributed by atoms with van der Waals surface area (Å²) in [6, 6.07) is 0. The van der Waals surface area contributed by atoms with Gasteiger partial charge in [-0.3, -0.25) is 4.79 Å². The monoisotopic (exact) mass is 343 g/mol. The lowest BCUT2D eigenvalue weighted by Gasteiger charge is -2.03. The van der Waals surface area contributed by atoms with Crippen molar-refractivity contribution in [2.45, 2.75) is 19.8 Å².